The molecule has 0 atom stereocenters. The highest BCUT2D eigenvalue weighted by molar-refractivity contribution is 6.33. The zero-order valence-corrected chi connectivity index (χ0v) is 8.27. The van der Waals surface area contributed by atoms with Crippen molar-refractivity contribution in [3.8, 4) is 0 Å². The summed E-state index contributed by atoms with van der Waals surface area (Å²) >= 11 is 6.02. The van der Waals surface area contributed by atoms with Crippen LogP contribution in [0, 0.1) is 0 Å². The van der Waals surface area contributed by atoms with E-state index >= 15 is 0 Å². The van der Waals surface area contributed by atoms with Crippen molar-refractivity contribution in [3.63, 3.8) is 0 Å². The van der Waals surface area contributed by atoms with Gasteiger partial charge in [-0.05, 0) is 12.8 Å². The quantitative estimate of drug-likeness (QED) is 0.731. The van der Waals surface area contributed by atoms with Crippen LogP contribution in [0.15, 0.2) is 0 Å². The van der Waals surface area contributed by atoms with Gasteiger partial charge in [-0.15, -0.1) is 0 Å². The highest BCUT2D eigenvalue weighted by Crippen LogP contribution is 2.36. The van der Waals surface area contributed by atoms with Gasteiger partial charge in [0.05, 0.1) is 5.69 Å². The van der Waals surface area contributed by atoms with Gasteiger partial charge in [0.15, 0.2) is 5.82 Å². The summed E-state index contributed by atoms with van der Waals surface area (Å²) in [5.41, 5.74) is 6.61. The minimum atomic E-state index is 0.433. The normalized spacial score (nSPS) is 19.2. The Labute approximate surface area is 82.7 Å². The molecule has 1 aromatic heterocycles. The zero-order chi connectivity index (χ0) is 9.26. The van der Waals surface area contributed by atoms with Crippen molar-refractivity contribution in [1.82, 2.24) is 10.2 Å². The number of nitrogens with two attached hydrogens (primary N) is 1. The van der Waals surface area contributed by atoms with Gasteiger partial charge in [0.25, 0.3) is 0 Å². The van der Waals surface area contributed by atoms with Crippen molar-refractivity contribution < 1.29 is 0 Å². The van der Waals surface area contributed by atoms with E-state index in [0.29, 0.717) is 16.8 Å². The van der Waals surface area contributed by atoms with Crippen LogP contribution in [0.3, 0.4) is 0 Å². The summed E-state index contributed by atoms with van der Waals surface area (Å²) in [7, 11) is 0. The molecular weight excluding hydrogens is 186 g/mol. The fourth-order valence-corrected chi connectivity index (χ4v) is 2.26. The first-order valence-corrected chi connectivity index (χ1v) is 5.16. The first-order chi connectivity index (χ1) is 6.29. The fraction of sp³-hybridized carbons (Fsp3) is 0.667. The Morgan fingerprint density at radius 2 is 2.00 bits per heavy atom. The maximum absolute atomic E-state index is 6.02. The molecule has 0 aromatic carbocycles. The average molecular weight is 200 g/mol. The van der Waals surface area contributed by atoms with Crippen LogP contribution in [0.1, 0.15) is 43.7 Å². The van der Waals surface area contributed by atoms with Crippen LogP contribution in [0.5, 0.6) is 0 Å². The summed E-state index contributed by atoms with van der Waals surface area (Å²) in [6.45, 7) is 0. The van der Waals surface area contributed by atoms with Crippen molar-refractivity contribution in [2.24, 2.45) is 0 Å². The van der Waals surface area contributed by atoms with E-state index in [1.54, 1.807) is 0 Å². The van der Waals surface area contributed by atoms with Crippen molar-refractivity contribution in [3.05, 3.63) is 10.7 Å². The number of aromatic nitrogens is 2. The third kappa shape index (κ3) is 1.66. The first kappa shape index (κ1) is 8.88. The van der Waals surface area contributed by atoms with E-state index < -0.39 is 0 Å². The maximum Gasteiger partial charge on any atom is 0.164 e. The van der Waals surface area contributed by atoms with Gasteiger partial charge in [0, 0.05) is 5.92 Å². The highest BCUT2D eigenvalue weighted by Gasteiger charge is 2.21. The number of nitrogens with zero attached hydrogens (tertiary/aromatic N) is 1. The fourth-order valence-electron chi connectivity index (χ4n) is 2.02. The summed E-state index contributed by atoms with van der Waals surface area (Å²) in [6.07, 6.45) is 6.35. The molecule has 1 fully saturated rings. The number of aromatic amines is 1. The van der Waals surface area contributed by atoms with Crippen LogP contribution in [0.4, 0.5) is 5.82 Å². The molecule has 0 radical (unpaired) electrons. The van der Waals surface area contributed by atoms with E-state index in [2.05, 4.69) is 10.2 Å². The number of halogens is 1. The molecule has 72 valence electrons. The second kappa shape index (κ2) is 3.58. The van der Waals surface area contributed by atoms with Crippen molar-refractivity contribution >= 4 is 17.4 Å². The monoisotopic (exact) mass is 199 g/mol. The molecule has 1 saturated carbocycles. The minimum Gasteiger partial charge on any atom is -0.381 e. The van der Waals surface area contributed by atoms with Crippen LogP contribution in [0.25, 0.3) is 0 Å². The topological polar surface area (TPSA) is 54.7 Å². The molecule has 2 rings (SSSR count). The van der Waals surface area contributed by atoms with E-state index in [-0.39, 0.29) is 0 Å². The molecule has 0 amide bonds. The molecule has 1 aromatic rings. The molecule has 1 aliphatic rings. The standard InChI is InChI=1S/C9H14ClN3/c10-7-8(12-13-9(7)11)6-4-2-1-3-5-6/h6H,1-5H2,(H3,11,12,13). The SMILES string of the molecule is Nc1n[nH]c(C2CCCCC2)c1Cl. The predicted octanol–water partition coefficient (Wildman–Crippen LogP) is 2.69. The van der Waals surface area contributed by atoms with Crippen LogP contribution in [-0.4, -0.2) is 10.2 Å². The molecule has 0 saturated heterocycles. The highest BCUT2D eigenvalue weighted by atomic mass is 35.5. The van der Waals surface area contributed by atoms with Gasteiger partial charge in [-0.2, -0.15) is 5.10 Å². The van der Waals surface area contributed by atoms with E-state index in [9.17, 15) is 0 Å². The molecule has 1 aliphatic carbocycles. The second-order valence-corrected chi connectivity index (χ2v) is 4.05. The van der Waals surface area contributed by atoms with Gasteiger partial charge in [-0.1, -0.05) is 30.9 Å². The number of hydrogen-bond donors (Lipinski definition) is 2. The van der Waals surface area contributed by atoms with Gasteiger partial charge in [-0.25, -0.2) is 0 Å². The Morgan fingerprint density at radius 3 is 2.54 bits per heavy atom. The minimum absolute atomic E-state index is 0.433. The van der Waals surface area contributed by atoms with Crippen molar-refractivity contribution in [2.75, 3.05) is 5.73 Å². The maximum atomic E-state index is 6.02. The summed E-state index contributed by atoms with van der Waals surface area (Å²) in [4.78, 5) is 0. The molecule has 0 unspecified atom stereocenters. The summed E-state index contributed by atoms with van der Waals surface area (Å²) in [5.74, 6) is 0.980. The Kier molecular flexibility index (Phi) is 2.44. The van der Waals surface area contributed by atoms with Gasteiger partial charge >= 0.3 is 0 Å². The number of hydrogen-bond acceptors (Lipinski definition) is 2. The lowest BCUT2D eigenvalue weighted by Crippen LogP contribution is -2.05. The molecular formula is C9H14ClN3. The zero-order valence-electron chi connectivity index (χ0n) is 7.52. The van der Waals surface area contributed by atoms with E-state index in [1.165, 1.54) is 32.1 Å². The number of rotatable bonds is 1. The summed E-state index contributed by atoms with van der Waals surface area (Å²) in [6, 6.07) is 0. The Morgan fingerprint density at radius 1 is 1.31 bits per heavy atom. The second-order valence-electron chi connectivity index (χ2n) is 3.67. The lowest BCUT2D eigenvalue weighted by molar-refractivity contribution is 0.436. The molecule has 0 spiro atoms. The predicted molar refractivity (Wildman–Crippen MR) is 53.8 cm³/mol. The number of anilines is 1. The van der Waals surface area contributed by atoms with Gasteiger partial charge in [-0.3, -0.25) is 5.10 Å². The first-order valence-electron chi connectivity index (χ1n) is 4.78. The third-order valence-corrected chi connectivity index (χ3v) is 3.17. The molecule has 1 heterocycles. The van der Waals surface area contributed by atoms with Crippen LogP contribution < -0.4 is 5.73 Å². The van der Waals surface area contributed by atoms with Gasteiger partial charge in [0.1, 0.15) is 5.02 Å². The number of nitrogen functional groups attached to an aromatic ring is 1. The lowest BCUT2D eigenvalue weighted by Gasteiger charge is -2.20. The Bertz CT molecular complexity index is 289. The van der Waals surface area contributed by atoms with Crippen LogP contribution >= 0.6 is 11.6 Å². The van der Waals surface area contributed by atoms with Gasteiger partial charge < -0.3 is 5.73 Å². The molecule has 3 nitrogen and oxygen atoms in total. The molecule has 0 aliphatic heterocycles. The van der Waals surface area contributed by atoms with Crippen molar-refractivity contribution in [2.45, 2.75) is 38.0 Å². The summed E-state index contributed by atoms with van der Waals surface area (Å²) < 4.78 is 0. The average Bonchev–Trinajstić information content (AvgIpc) is 2.49. The largest absolute Gasteiger partial charge is 0.381 e. The van der Waals surface area contributed by atoms with Crippen molar-refractivity contribution in [1.29, 1.82) is 0 Å². The Balaban J connectivity index is 2.18. The molecule has 4 heteroatoms. The van der Waals surface area contributed by atoms with Crippen LogP contribution in [-0.2, 0) is 0 Å². The van der Waals surface area contributed by atoms with E-state index in [4.69, 9.17) is 17.3 Å². The smallest absolute Gasteiger partial charge is 0.164 e. The van der Waals surface area contributed by atoms with Gasteiger partial charge in [0.2, 0.25) is 0 Å². The van der Waals surface area contributed by atoms with E-state index in [1.807, 2.05) is 0 Å². The van der Waals surface area contributed by atoms with Crippen LogP contribution in [0.2, 0.25) is 5.02 Å². The molecule has 0 bridgehead atoms. The Hall–Kier alpha value is -0.700. The lowest BCUT2D eigenvalue weighted by atomic mass is 9.87. The number of nitrogens with one attached hydrogen (secondary N) is 1. The van der Waals surface area contributed by atoms with E-state index in [0.717, 1.165) is 5.69 Å². The molecule has 13 heavy (non-hydrogen) atoms. The molecule has 3 N–H and O–H groups in total. The number of H-pyrrole nitrogens is 1. The summed E-state index contributed by atoms with van der Waals surface area (Å²) in [5, 5.41) is 7.48. The third-order valence-electron chi connectivity index (χ3n) is 2.77.